The highest BCUT2D eigenvalue weighted by atomic mass is 19.1. The summed E-state index contributed by atoms with van der Waals surface area (Å²) in [6.07, 6.45) is 1.68. The van der Waals surface area contributed by atoms with E-state index in [0.717, 1.165) is 0 Å². The Morgan fingerprint density at radius 3 is 2.75 bits per heavy atom. The molecule has 2 N–H and O–H groups in total. The molecular weight excluding hydrogens is 416 g/mol. The standard InChI is InChI=1S/C23H21F2N5O2/c1-12-27-28-22-23(2,3)26-16-11-15(24)19(20(25)21(16)30(12)22)14-5-4-6-17-13(14)7-9-29(17)10-8-18(31)32/h4-7,9,11,26H,8,10H2,1-3H3,(H,31,32). The molecule has 0 spiro atoms. The number of nitrogens with one attached hydrogen (secondary N) is 1. The Hall–Kier alpha value is -3.75. The van der Waals surface area contributed by atoms with Crippen molar-refractivity contribution in [1.29, 1.82) is 0 Å². The monoisotopic (exact) mass is 437 g/mol. The minimum absolute atomic E-state index is 0.0489. The molecule has 2 aromatic carbocycles. The number of carboxylic acids is 1. The smallest absolute Gasteiger partial charge is 0.305 e. The van der Waals surface area contributed by atoms with Gasteiger partial charge in [-0.15, -0.1) is 10.2 Å². The van der Waals surface area contributed by atoms with Crippen LogP contribution in [0.15, 0.2) is 36.5 Å². The Bertz CT molecular complexity index is 1400. The van der Waals surface area contributed by atoms with Gasteiger partial charge in [-0.05, 0) is 38.5 Å². The SMILES string of the molecule is Cc1nnc2n1-c1c(cc(F)c(-c3cccc4c3ccn4CCC(=O)O)c1F)NC2(C)C. The second-order valence-corrected chi connectivity index (χ2v) is 8.49. The Morgan fingerprint density at radius 2 is 2.00 bits per heavy atom. The van der Waals surface area contributed by atoms with Gasteiger partial charge in [0.25, 0.3) is 0 Å². The highest BCUT2D eigenvalue weighted by Crippen LogP contribution is 2.43. The van der Waals surface area contributed by atoms with Crippen LogP contribution in [0.4, 0.5) is 14.5 Å². The largest absolute Gasteiger partial charge is 0.481 e. The molecule has 0 aliphatic carbocycles. The van der Waals surface area contributed by atoms with E-state index in [-0.39, 0.29) is 24.2 Å². The summed E-state index contributed by atoms with van der Waals surface area (Å²) in [7, 11) is 0. The number of rotatable bonds is 4. The van der Waals surface area contributed by atoms with E-state index in [9.17, 15) is 4.79 Å². The second kappa shape index (κ2) is 6.88. The third kappa shape index (κ3) is 2.88. The molecule has 0 atom stereocenters. The molecule has 164 valence electrons. The summed E-state index contributed by atoms with van der Waals surface area (Å²) in [5.41, 5.74) is 0.810. The first-order valence-electron chi connectivity index (χ1n) is 10.2. The van der Waals surface area contributed by atoms with Crippen LogP contribution < -0.4 is 5.32 Å². The van der Waals surface area contributed by atoms with Crippen molar-refractivity contribution in [2.24, 2.45) is 0 Å². The molecule has 4 aromatic rings. The number of aromatic nitrogens is 4. The van der Waals surface area contributed by atoms with Crippen molar-refractivity contribution in [2.75, 3.05) is 5.32 Å². The molecular formula is C23H21F2N5O2. The molecule has 0 fully saturated rings. The van der Waals surface area contributed by atoms with Gasteiger partial charge in [0, 0.05) is 29.7 Å². The predicted octanol–water partition coefficient (Wildman–Crippen LogP) is 4.61. The van der Waals surface area contributed by atoms with Crippen LogP contribution in [0.3, 0.4) is 0 Å². The lowest BCUT2D eigenvalue weighted by molar-refractivity contribution is -0.137. The number of halogens is 2. The molecule has 0 amide bonds. The highest BCUT2D eigenvalue weighted by molar-refractivity contribution is 5.97. The van der Waals surface area contributed by atoms with E-state index < -0.39 is 23.1 Å². The summed E-state index contributed by atoms with van der Waals surface area (Å²) in [6.45, 7) is 5.74. The maximum Gasteiger partial charge on any atom is 0.305 e. The van der Waals surface area contributed by atoms with Gasteiger partial charge in [0.2, 0.25) is 0 Å². The van der Waals surface area contributed by atoms with Crippen molar-refractivity contribution in [3.05, 3.63) is 59.8 Å². The lowest BCUT2D eigenvalue weighted by Crippen LogP contribution is -2.36. The summed E-state index contributed by atoms with van der Waals surface area (Å²) >= 11 is 0. The fourth-order valence-electron chi connectivity index (χ4n) is 4.45. The Balaban J connectivity index is 1.73. The number of hydrogen-bond acceptors (Lipinski definition) is 4. The Morgan fingerprint density at radius 1 is 1.22 bits per heavy atom. The van der Waals surface area contributed by atoms with Crippen molar-refractivity contribution in [3.63, 3.8) is 0 Å². The molecule has 5 rings (SSSR count). The van der Waals surface area contributed by atoms with Gasteiger partial charge in [-0.3, -0.25) is 9.36 Å². The van der Waals surface area contributed by atoms with Crippen molar-refractivity contribution < 1.29 is 18.7 Å². The number of fused-ring (bicyclic) bond motifs is 4. The maximum absolute atomic E-state index is 16.0. The minimum Gasteiger partial charge on any atom is -0.481 e. The molecule has 0 saturated carbocycles. The third-order valence-electron chi connectivity index (χ3n) is 5.90. The molecule has 9 heteroatoms. The number of carboxylic acid groups (broad SMARTS) is 1. The minimum atomic E-state index is -0.912. The Kier molecular flexibility index (Phi) is 4.34. The number of anilines is 1. The van der Waals surface area contributed by atoms with E-state index >= 15 is 8.78 Å². The van der Waals surface area contributed by atoms with Crippen LogP contribution in [-0.2, 0) is 16.9 Å². The van der Waals surface area contributed by atoms with Crippen LogP contribution in [0.25, 0.3) is 27.7 Å². The quantitative estimate of drug-likeness (QED) is 0.487. The topological polar surface area (TPSA) is 85.0 Å². The normalized spacial score (nSPS) is 14.2. The van der Waals surface area contributed by atoms with Gasteiger partial charge in [-0.1, -0.05) is 12.1 Å². The lowest BCUT2D eigenvalue weighted by Gasteiger charge is -2.34. The van der Waals surface area contributed by atoms with Crippen molar-refractivity contribution in [3.8, 4) is 16.8 Å². The van der Waals surface area contributed by atoms with Crippen molar-refractivity contribution in [2.45, 2.75) is 39.3 Å². The summed E-state index contributed by atoms with van der Waals surface area (Å²) in [5, 5.41) is 21.1. The van der Waals surface area contributed by atoms with Gasteiger partial charge in [0.05, 0.1) is 23.2 Å². The first-order valence-corrected chi connectivity index (χ1v) is 10.2. The van der Waals surface area contributed by atoms with Gasteiger partial charge >= 0.3 is 5.97 Å². The van der Waals surface area contributed by atoms with Gasteiger partial charge < -0.3 is 15.0 Å². The van der Waals surface area contributed by atoms with E-state index in [1.807, 2.05) is 13.8 Å². The van der Waals surface area contributed by atoms with Gasteiger partial charge in [0.15, 0.2) is 11.6 Å². The first kappa shape index (κ1) is 20.2. The zero-order valence-electron chi connectivity index (χ0n) is 17.8. The summed E-state index contributed by atoms with van der Waals surface area (Å²) in [4.78, 5) is 11.0. The van der Waals surface area contributed by atoms with E-state index in [4.69, 9.17) is 5.11 Å². The maximum atomic E-state index is 16.0. The molecule has 7 nitrogen and oxygen atoms in total. The molecule has 2 aromatic heterocycles. The number of benzene rings is 2. The van der Waals surface area contributed by atoms with Crippen molar-refractivity contribution in [1.82, 2.24) is 19.3 Å². The number of aryl methyl sites for hydroxylation is 2. The number of carbonyl (C=O) groups is 1. The third-order valence-corrected chi connectivity index (χ3v) is 5.90. The average Bonchev–Trinajstić information content (AvgIpc) is 3.31. The zero-order chi connectivity index (χ0) is 22.8. The van der Waals surface area contributed by atoms with E-state index in [0.29, 0.717) is 33.8 Å². The van der Waals surface area contributed by atoms with Crippen LogP contribution in [0.2, 0.25) is 0 Å². The molecule has 3 heterocycles. The van der Waals surface area contributed by atoms with Crippen molar-refractivity contribution >= 4 is 22.6 Å². The summed E-state index contributed by atoms with van der Waals surface area (Å²) in [5.74, 6) is -1.27. The molecule has 0 bridgehead atoms. The zero-order valence-corrected chi connectivity index (χ0v) is 17.8. The molecule has 0 radical (unpaired) electrons. The lowest BCUT2D eigenvalue weighted by atomic mass is 9.95. The van der Waals surface area contributed by atoms with E-state index in [1.165, 1.54) is 6.07 Å². The molecule has 32 heavy (non-hydrogen) atoms. The van der Waals surface area contributed by atoms with Gasteiger partial charge in [-0.2, -0.15) is 0 Å². The summed E-state index contributed by atoms with van der Waals surface area (Å²) < 4.78 is 34.8. The van der Waals surface area contributed by atoms with E-state index in [1.54, 1.807) is 46.5 Å². The number of hydrogen-bond donors (Lipinski definition) is 2. The van der Waals surface area contributed by atoms with Crippen LogP contribution in [0.5, 0.6) is 0 Å². The van der Waals surface area contributed by atoms with Gasteiger partial charge in [0.1, 0.15) is 17.3 Å². The van der Waals surface area contributed by atoms with Gasteiger partial charge in [-0.25, -0.2) is 8.78 Å². The average molecular weight is 437 g/mol. The van der Waals surface area contributed by atoms with E-state index in [2.05, 4.69) is 15.5 Å². The molecule has 1 aliphatic heterocycles. The highest BCUT2D eigenvalue weighted by Gasteiger charge is 2.37. The Labute approximate surface area is 182 Å². The summed E-state index contributed by atoms with van der Waals surface area (Å²) in [6, 6.07) is 8.24. The molecule has 0 saturated heterocycles. The van der Waals surface area contributed by atoms with Crippen LogP contribution >= 0.6 is 0 Å². The number of nitrogens with zero attached hydrogens (tertiary/aromatic N) is 4. The molecule has 1 aliphatic rings. The van der Waals surface area contributed by atoms with Crippen LogP contribution in [0, 0.1) is 18.6 Å². The second-order valence-electron chi connectivity index (χ2n) is 8.49. The first-order chi connectivity index (χ1) is 15.2. The van der Waals surface area contributed by atoms with Crippen LogP contribution in [-0.4, -0.2) is 30.4 Å². The fraction of sp³-hybridized carbons (Fsp3) is 0.261. The molecule has 0 unspecified atom stereocenters. The van der Waals surface area contributed by atoms with Crippen LogP contribution in [0.1, 0.15) is 31.9 Å². The predicted molar refractivity (Wildman–Crippen MR) is 116 cm³/mol. The fourth-order valence-corrected chi connectivity index (χ4v) is 4.45. The number of aliphatic carboxylic acids is 1.